The van der Waals surface area contributed by atoms with Crippen molar-refractivity contribution in [2.45, 2.75) is 11.1 Å². The van der Waals surface area contributed by atoms with Gasteiger partial charge in [0.05, 0.1) is 15.6 Å². The minimum absolute atomic E-state index is 0.206. The molecule has 1 aromatic carbocycles. The number of aromatic nitrogens is 1. The second-order valence-electron chi connectivity index (χ2n) is 5.48. The number of sulfonamides is 1. The van der Waals surface area contributed by atoms with Crippen molar-refractivity contribution < 1.29 is 12.8 Å². The van der Waals surface area contributed by atoms with E-state index in [-0.39, 0.29) is 4.21 Å². The maximum absolute atomic E-state index is 12.6. The summed E-state index contributed by atoms with van der Waals surface area (Å²) in [5.74, 6) is 0. The molecule has 0 atom stereocenters. The molecule has 0 spiro atoms. The standard InChI is InChI=1S/C17H12N2O4S3/c1-10-18-13(9-24-10)15-5-7-17(25-15)26(21,22)19-12-3-4-14-11(8-12)2-6-16(20)23-14/h2-9,19H,1H3. The van der Waals surface area contributed by atoms with Crippen molar-refractivity contribution >= 4 is 49.4 Å². The van der Waals surface area contributed by atoms with Crippen LogP contribution in [0.5, 0.6) is 0 Å². The fraction of sp³-hybridized carbons (Fsp3) is 0.0588. The summed E-state index contributed by atoms with van der Waals surface area (Å²) in [6.07, 6.45) is 0. The monoisotopic (exact) mass is 404 g/mol. The fourth-order valence-corrected chi connectivity index (χ4v) is 5.42. The highest BCUT2D eigenvalue weighted by atomic mass is 32.2. The molecule has 0 bridgehead atoms. The van der Waals surface area contributed by atoms with E-state index in [1.807, 2.05) is 12.3 Å². The molecule has 4 aromatic rings. The van der Waals surface area contributed by atoms with Gasteiger partial charge in [-0.25, -0.2) is 18.2 Å². The van der Waals surface area contributed by atoms with E-state index in [1.54, 1.807) is 36.4 Å². The molecule has 0 amide bonds. The molecule has 4 rings (SSSR count). The molecule has 0 saturated heterocycles. The lowest BCUT2D eigenvalue weighted by Crippen LogP contribution is -2.11. The molecule has 1 N–H and O–H groups in total. The van der Waals surface area contributed by atoms with Gasteiger partial charge in [0.25, 0.3) is 10.0 Å². The van der Waals surface area contributed by atoms with Gasteiger partial charge in [0.1, 0.15) is 9.79 Å². The van der Waals surface area contributed by atoms with E-state index in [1.165, 1.54) is 17.4 Å². The number of thiophene rings is 1. The van der Waals surface area contributed by atoms with Crippen LogP contribution >= 0.6 is 22.7 Å². The van der Waals surface area contributed by atoms with E-state index >= 15 is 0 Å². The summed E-state index contributed by atoms with van der Waals surface area (Å²) in [6.45, 7) is 1.91. The normalized spacial score (nSPS) is 11.7. The van der Waals surface area contributed by atoms with E-state index in [0.717, 1.165) is 26.9 Å². The zero-order valence-corrected chi connectivity index (χ0v) is 15.9. The van der Waals surface area contributed by atoms with Gasteiger partial charge in [-0.3, -0.25) is 4.72 Å². The molecule has 3 heterocycles. The quantitative estimate of drug-likeness (QED) is 0.518. The Kier molecular flexibility index (Phi) is 4.14. The Labute approximate surface area is 156 Å². The molecule has 3 aromatic heterocycles. The van der Waals surface area contributed by atoms with E-state index in [4.69, 9.17) is 4.42 Å². The van der Waals surface area contributed by atoms with Crippen molar-refractivity contribution in [2.75, 3.05) is 4.72 Å². The Morgan fingerprint density at radius 2 is 1.96 bits per heavy atom. The summed E-state index contributed by atoms with van der Waals surface area (Å²) in [5, 5.41) is 3.47. The number of rotatable bonds is 4. The molecule has 0 fully saturated rings. The third-order valence-corrected chi connectivity index (χ3v) is 7.34. The van der Waals surface area contributed by atoms with Gasteiger partial charge in [0.15, 0.2) is 0 Å². The van der Waals surface area contributed by atoms with Crippen LogP contribution in [0.2, 0.25) is 0 Å². The summed E-state index contributed by atoms with van der Waals surface area (Å²) in [7, 11) is -3.72. The zero-order chi connectivity index (χ0) is 18.3. The maximum Gasteiger partial charge on any atom is 0.336 e. The number of hydrogen-bond acceptors (Lipinski definition) is 7. The molecule has 26 heavy (non-hydrogen) atoms. The second kappa shape index (κ2) is 6.35. The van der Waals surface area contributed by atoms with Gasteiger partial charge in [0, 0.05) is 22.5 Å². The van der Waals surface area contributed by atoms with Crippen LogP contribution < -0.4 is 10.3 Å². The molecular formula is C17H12N2O4S3. The molecule has 0 aliphatic carbocycles. The first-order valence-electron chi connectivity index (χ1n) is 7.50. The van der Waals surface area contributed by atoms with E-state index < -0.39 is 15.6 Å². The Hall–Kier alpha value is -2.49. The largest absolute Gasteiger partial charge is 0.423 e. The van der Waals surface area contributed by atoms with Gasteiger partial charge in [-0.2, -0.15) is 0 Å². The predicted octanol–water partition coefficient (Wildman–Crippen LogP) is 4.09. The zero-order valence-electron chi connectivity index (χ0n) is 13.4. The van der Waals surface area contributed by atoms with Crippen molar-refractivity contribution in [1.82, 2.24) is 4.98 Å². The first-order valence-corrected chi connectivity index (χ1v) is 10.7. The molecule has 0 aliphatic heterocycles. The Morgan fingerprint density at radius 1 is 1.12 bits per heavy atom. The molecule has 0 radical (unpaired) electrons. The summed E-state index contributed by atoms with van der Waals surface area (Å²) >= 11 is 2.68. The van der Waals surface area contributed by atoms with Crippen molar-refractivity contribution in [1.29, 1.82) is 0 Å². The van der Waals surface area contributed by atoms with Crippen molar-refractivity contribution in [3.63, 3.8) is 0 Å². The number of hydrogen-bond donors (Lipinski definition) is 1. The number of nitrogens with one attached hydrogen (secondary N) is 1. The van der Waals surface area contributed by atoms with Gasteiger partial charge < -0.3 is 4.42 Å². The molecule has 132 valence electrons. The number of benzene rings is 1. The molecule has 9 heteroatoms. The van der Waals surface area contributed by atoms with E-state index in [0.29, 0.717) is 16.7 Å². The van der Waals surface area contributed by atoms with Gasteiger partial charge in [0.2, 0.25) is 0 Å². The fourth-order valence-electron chi connectivity index (χ4n) is 2.42. The van der Waals surface area contributed by atoms with Crippen molar-refractivity contribution in [3.8, 4) is 10.6 Å². The Balaban J connectivity index is 1.64. The van der Waals surface area contributed by atoms with Crippen LogP contribution in [0.3, 0.4) is 0 Å². The van der Waals surface area contributed by atoms with Crippen molar-refractivity contribution in [2.24, 2.45) is 0 Å². The van der Waals surface area contributed by atoms with E-state index in [2.05, 4.69) is 9.71 Å². The average molecular weight is 404 g/mol. The smallest absolute Gasteiger partial charge is 0.336 e. The average Bonchev–Trinajstić information content (AvgIpc) is 3.24. The van der Waals surface area contributed by atoms with Crippen LogP contribution in [-0.4, -0.2) is 13.4 Å². The summed E-state index contributed by atoms with van der Waals surface area (Å²) in [5.41, 5.74) is 1.12. The highest BCUT2D eigenvalue weighted by Crippen LogP contribution is 2.32. The van der Waals surface area contributed by atoms with E-state index in [9.17, 15) is 13.2 Å². The molecule has 0 aliphatic rings. The van der Waals surface area contributed by atoms with Gasteiger partial charge in [-0.15, -0.1) is 22.7 Å². The Morgan fingerprint density at radius 3 is 2.73 bits per heavy atom. The third kappa shape index (κ3) is 3.28. The number of aryl methyl sites for hydroxylation is 1. The maximum atomic E-state index is 12.6. The summed E-state index contributed by atoms with van der Waals surface area (Å²) in [4.78, 5) is 16.4. The topological polar surface area (TPSA) is 89.3 Å². The first kappa shape index (κ1) is 17.0. The first-order chi connectivity index (χ1) is 12.4. The summed E-state index contributed by atoms with van der Waals surface area (Å²) < 4.78 is 33.1. The van der Waals surface area contributed by atoms with Crippen LogP contribution in [0.25, 0.3) is 21.5 Å². The van der Waals surface area contributed by atoms with Crippen LogP contribution in [0.15, 0.2) is 61.3 Å². The van der Waals surface area contributed by atoms with Gasteiger partial charge in [-0.1, -0.05) is 0 Å². The van der Waals surface area contributed by atoms with Crippen LogP contribution in [0, 0.1) is 6.92 Å². The highest BCUT2D eigenvalue weighted by Gasteiger charge is 2.18. The van der Waals surface area contributed by atoms with Crippen LogP contribution in [0.4, 0.5) is 5.69 Å². The second-order valence-corrected chi connectivity index (χ2v) is 9.54. The summed E-state index contributed by atoms with van der Waals surface area (Å²) in [6, 6.07) is 10.9. The third-order valence-electron chi connectivity index (χ3n) is 3.59. The SMILES string of the molecule is Cc1nc(-c2ccc(S(=O)(=O)Nc3ccc4oc(=O)ccc4c3)s2)cs1. The van der Waals surface area contributed by atoms with Crippen LogP contribution in [-0.2, 0) is 10.0 Å². The number of anilines is 1. The lowest BCUT2D eigenvalue weighted by molar-refractivity contribution is 0.561. The van der Waals surface area contributed by atoms with Gasteiger partial charge in [-0.05, 0) is 43.3 Å². The number of nitrogens with zero attached hydrogens (tertiary/aromatic N) is 1. The Bertz CT molecular complexity index is 1270. The minimum Gasteiger partial charge on any atom is -0.423 e. The number of thiazole rings is 1. The van der Waals surface area contributed by atoms with Crippen LogP contribution in [0.1, 0.15) is 5.01 Å². The predicted molar refractivity (Wildman–Crippen MR) is 103 cm³/mol. The van der Waals surface area contributed by atoms with Gasteiger partial charge >= 0.3 is 5.63 Å². The molecule has 6 nitrogen and oxygen atoms in total. The minimum atomic E-state index is -3.72. The highest BCUT2D eigenvalue weighted by molar-refractivity contribution is 7.94. The molecule has 0 saturated carbocycles. The lowest BCUT2D eigenvalue weighted by atomic mass is 10.2. The molecular weight excluding hydrogens is 392 g/mol. The molecule has 0 unspecified atom stereocenters. The lowest BCUT2D eigenvalue weighted by Gasteiger charge is -2.07. The van der Waals surface area contributed by atoms with Crippen molar-refractivity contribution in [3.05, 3.63) is 63.3 Å². The number of fused-ring (bicyclic) bond motifs is 1.